The van der Waals surface area contributed by atoms with E-state index in [2.05, 4.69) is 15.3 Å². The zero-order valence-electron chi connectivity index (χ0n) is 10.8. The van der Waals surface area contributed by atoms with Gasteiger partial charge in [0.25, 0.3) is 0 Å². The Bertz CT molecular complexity index is 602. The fourth-order valence-electron chi connectivity index (χ4n) is 2.18. The fourth-order valence-corrected chi connectivity index (χ4v) is 2.18. The van der Waals surface area contributed by atoms with E-state index in [9.17, 15) is 4.79 Å². The molecule has 0 bridgehead atoms. The molecule has 1 aliphatic rings. The highest BCUT2D eigenvalue weighted by Gasteiger charge is 2.16. The van der Waals surface area contributed by atoms with Gasteiger partial charge in [0.05, 0.1) is 24.2 Å². The molecule has 1 aromatic heterocycles. The lowest BCUT2D eigenvalue weighted by atomic mass is 10.3. The number of fused-ring (bicyclic) bond motifs is 1. The molecule has 0 spiro atoms. The van der Waals surface area contributed by atoms with E-state index in [1.54, 1.807) is 4.90 Å². The van der Waals surface area contributed by atoms with Crippen LogP contribution >= 0.6 is 0 Å². The Morgan fingerprint density at radius 3 is 3.00 bits per heavy atom. The summed E-state index contributed by atoms with van der Waals surface area (Å²) in [6, 6.07) is 5.57. The summed E-state index contributed by atoms with van der Waals surface area (Å²) in [6.45, 7) is 4.39. The van der Waals surface area contributed by atoms with Crippen LogP contribution in [0.4, 0.5) is 10.5 Å². The summed E-state index contributed by atoms with van der Waals surface area (Å²) >= 11 is 0. The second-order valence-electron chi connectivity index (χ2n) is 4.58. The number of urea groups is 1. The number of nitrogens with zero attached hydrogens (tertiary/aromatic N) is 2. The molecule has 2 amide bonds. The highest BCUT2D eigenvalue weighted by atomic mass is 16.5. The molecular formula is C13H16N4O2. The van der Waals surface area contributed by atoms with E-state index in [0.717, 1.165) is 22.5 Å². The summed E-state index contributed by atoms with van der Waals surface area (Å²) in [6.07, 6.45) is 0. The van der Waals surface area contributed by atoms with Gasteiger partial charge in [-0.05, 0) is 25.1 Å². The molecule has 1 aliphatic heterocycles. The number of morpholine rings is 1. The fraction of sp³-hybridized carbons (Fsp3) is 0.385. The van der Waals surface area contributed by atoms with Crippen molar-refractivity contribution in [2.45, 2.75) is 6.92 Å². The Morgan fingerprint density at radius 1 is 1.42 bits per heavy atom. The number of aromatic amines is 1. The lowest BCUT2D eigenvalue weighted by Gasteiger charge is -2.26. The highest BCUT2D eigenvalue weighted by molar-refractivity contribution is 5.92. The normalized spacial score (nSPS) is 15.7. The molecule has 1 saturated heterocycles. The SMILES string of the molecule is Cc1nc2ccc(NC(=O)N3CCOCC3)cc2[nH]1. The minimum Gasteiger partial charge on any atom is -0.378 e. The van der Waals surface area contributed by atoms with E-state index in [-0.39, 0.29) is 6.03 Å². The van der Waals surface area contributed by atoms with Crippen molar-refractivity contribution in [3.8, 4) is 0 Å². The van der Waals surface area contributed by atoms with Gasteiger partial charge in [-0.2, -0.15) is 0 Å². The number of rotatable bonds is 1. The molecule has 2 aromatic rings. The third kappa shape index (κ3) is 2.53. The molecule has 0 aliphatic carbocycles. The number of carbonyl (C=O) groups is 1. The Hall–Kier alpha value is -2.08. The van der Waals surface area contributed by atoms with Crippen LogP contribution in [0.5, 0.6) is 0 Å². The van der Waals surface area contributed by atoms with Gasteiger partial charge >= 0.3 is 6.03 Å². The Morgan fingerprint density at radius 2 is 2.21 bits per heavy atom. The molecule has 1 aromatic carbocycles. The molecule has 19 heavy (non-hydrogen) atoms. The average Bonchev–Trinajstić information content (AvgIpc) is 2.79. The van der Waals surface area contributed by atoms with Crippen molar-refractivity contribution in [1.82, 2.24) is 14.9 Å². The highest BCUT2D eigenvalue weighted by Crippen LogP contribution is 2.17. The minimum atomic E-state index is -0.0844. The molecular weight excluding hydrogens is 244 g/mol. The van der Waals surface area contributed by atoms with Crippen LogP contribution in [0.15, 0.2) is 18.2 Å². The van der Waals surface area contributed by atoms with Gasteiger partial charge in [0, 0.05) is 18.8 Å². The van der Waals surface area contributed by atoms with Crippen LogP contribution in [0.25, 0.3) is 11.0 Å². The number of aryl methyl sites for hydroxylation is 1. The first-order valence-electron chi connectivity index (χ1n) is 6.32. The molecule has 1 fully saturated rings. The van der Waals surface area contributed by atoms with Crippen LogP contribution in [-0.2, 0) is 4.74 Å². The smallest absolute Gasteiger partial charge is 0.322 e. The van der Waals surface area contributed by atoms with E-state index >= 15 is 0 Å². The molecule has 6 nitrogen and oxygen atoms in total. The Labute approximate surface area is 110 Å². The number of amides is 2. The quantitative estimate of drug-likeness (QED) is 0.820. The summed E-state index contributed by atoms with van der Waals surface area (Å²) in [5.41, 5.74) is 2.60. The first-order valence-corrected chi connectivity index (χ1v) is 6.32. The standard InChI is InChI=1S/C13H16N4O2/c1-9-14-11-3-2-10(8-12(11)15-9)16-13(18)17-4-6-19-7-5-17/h2-3,8H,4-7H2,1H3,(H,14,15)(H,16,18). The zero-order valence-corrected chi connectivity index (χ0v) is 10.8. The van der Waals surface area contributed by atoms with Gasteiger partial charge in [-0.25, -0.2) is 9.78 Å². The lowest BCUT2D eigenvalue weighted by molar-refractivity contribution is 0.0564. The maximum absolute atomic E-state index is 12.0. The van der Waals surface area contributed by atoms with E-state index in [4.69, 9.17) is 4.74 Å². The molecule has 2 heterocycles. The third-order valence-corrected chi connectivity index (χ3v) is 3.15. The van der Waals surface area contributed by atoms with Crippen LogP contribution < -0.4 is 5.32 Å². The van der Waals surface area contributed by atoms with Crippen molar-refractivity contribution in [2.75, 3.05) is 31.6 Å². The molecule has 0 atom stereocenters. The number of benzene rings is 1. The number of nitrogens with one attached hydrogen (secondary N) is 2. The largest absolute Gasteiger partial charge is 0.378 e. The second-order valence-corrected chi connectivity index (χ2v) is 4.58. The van der Waals surface area contributed by atoms with Gasteiger partial charge in [-0.3, -0.25) is 0 Å². The van der Waals surface area contributed by atoms with Gasteiger partial charge < -0.3 is 19.9 Å². The molecule has 2 N–H and O–H groups in total. The summed E-state index contributed by atoms with van der Waals surface area (Å²) in [7, 11) is 0. The van der Waals surface area contributed by atoms with Crippen LogP contribution in [0.2, 0.25) is 0 Å². The topological polar surface area (TPSA) is 70.2 Å². The predicted molar refractivity (Wildman–Crippen MR) is 72.2 cm³/mol. The third-order valence-electron chi connectivity index (χ3n) is 3.15. The first kappa shape index (κ1) is 12.0. The van der Waals surface area contributed by atoms with Crippen molar-refractivity contribution in [2.24, 2.45) is 0 Å². The molecule has 6 heteroatoms. The maximum Gasteiger partial charge on any atom is 0.322 e. The zero-order chi connectivity index (χ0) is 13.2. The van der Waals surface area contributed by atoms with Crippen molar-refractivity contribution in [1.29, 1.82) is 0 Å². The van der Waals surface area contributed by atoms with Gasteiger partial charge in [-0.15, -0.1) is 0 Å². The summed E-state index contributed by atoms with van der Waals surface area (Å²) in [5.74, 6) is 0.867. The number of imidazole rings is 1. The van der Waals surface area contributed by atoms with Crippen LogP contribution in [0.1, 0.15) is 5.82 Å². The van der Waals surface area contributed by atoms with Crippen molar-refractivity contribution in [3.63, 3.8) is 0 Å². The number of carbonyl (C=O) groups excluding carboxylic acids is 1. The van der Waals surface area contributed by atoms with Crippen molar-refractivity contribution in [3.05, 3.63) is 24.0 Å². The van der Waals surface area contributed by atoms with Crippen molar-refractivity contribution < 1.29 is 9.53 Å². The molecule has 100 valence electrons. The molecule has 3 rings (SSSR count). The number of hydrogen-bond acceptors (Lipinski definition) is 3. The summed E-state index contributed by atoms with van der Waals surface area (Å²) in [4.78, 5) is 21.3. The maximum atomic E-state index is 12.0. The van der Waals surface area contributed by atoms with Crippen LogP contribution in [-0.4, -0.2) is 47.2 Å². The first-order chi connectivity index (χ1) is 9.22. The summed E-state index contributed by atoms with van der Waals surface area (Å²) < 4.78 is 5.23. The second kappa shape index (κ2) is 4.89. The monoisotopic (exact) mass is 260 g/mol. The Kier molecular flexibility index (Phi) is 3.08. The van der Waals surface area contributed by atoms with E-state index < -0.39 is 0 Å². The van der Waals surface area contributed by atoms with E-state index in [0.29, 0.717) is 26.3 Å². The number of ether oxygens (including phenoxy) is 1. The van der Waals surface area contributed by atoms with E-state index in [1.807, 2.05) is 25.1 Å². The summed E-state index contributed by atoms with van der Waals surface area (Å²) in [5, 5.41) is 2.90. The van der Waals surface area contributed by atoms with Gasteiger partial charge in [0.1, 0.15) is 5.82 Å². The van der Waals surface area contributed by atoms with Crippen molar-refractivity contribution >= 4 is 22.8 Å². The van der Waals surface area contributed by atoms with E-state index in [1.165, 1.54) is 0 Å². The number of H-pyrrole nitrogens is 1. The number of hydrogen-bond donors (Lipinski definition) is 2. The molecule has 0 saturated carbocycles. The minimum absolute atomic E-state index is 0.0844. The number of aromatic nitrogens is 2. The van der Waals surface area contributed by atoms with Crippen LogP contribution in [0, 0.1) is 6.92 Å². The Balaban J connectivity index is 1.74. The lowest BCUT2D eigenvalue weighted by Crippen LogP contribution is -2.43. The number of anilines is 1. The predicted octanol–water partition coefficient (Wildman–Crippen LogP) is 1.74. The van der Waals surface area contributed by atoms with Gasteiger partial charge in [-0.1, -0.05) is 0 Å². The van der Waals surface area contributed by atoms with Gasteiger partial charge in [0.15, 0.2) is 0 Å². The van der Waals surface area contributed by atoms with Gasteiger partial charge in [0.2, 0.25) is 0 Å². The molecule has 0 unspecified atom stereocenters. The van der Waals surface area contributed by atoms with Crippen LogP contribution in [0.3, 0.4) is 0 Å². The molecule has 0 radical (unpaired) electrons. The average molecular weight is 260 g/mol.